The minimum atomic E-state index is 0.525. The number of carbonyl (C=O) groups is 1. The SMILES string of the molecule is O=C1CCC[C@@H]2[C@@H]3CC[C@@H](C3)[C@H]12. The van der Waals surface area contributed by atoms with E-state index in [4.69, 9.17) is 0 Å². The van der Waals surface area contributed by atoms with Gasteiger partial charge in [0.1, 0.15) is 5.78 Å². The van der Waals surface area contributed by atoms with Crippen LogP contribution >= 0.6 is 0 Å². The predicted octanol–water partition coefficient (Wildman–Crippen LogP) is 2.40. The molecule has 2 bridgehead atoms. The van der Waals surface area contributed by atoms with Crippen molar-refractivity contribution in [3.05, 3.63) is 0 Å². The lowest BCUT2D eigenvalue weighted by Gasteiger charge is -2.33. The largest absolute Gasteiger partial charge is 0.299 e. The molecule has 0 aromatic rings. The summed E-state index contributed by atoms with van der Waals surface area (Å²) >= 11 is 0. The molecule has 1 heteroatoms. The summed E-state index contributed by atoms with van der Waals surface area (Å²) in [5.74, 6) is 3.72. The van der Waals surface area contributed by atoms with Crippen LogP contribution in [-0.2, 0) is 4.79 Å². The molecule has 0 amide bonds. The summed E-state index contributed by atoms with van der Waals surface area (Å²) in [5.41, 5.74) is 0. The van der Waals surface area contributed by atoms with Crippen molar-refractivity contribution in [1.29, 1.82) is 0 Å². The van der Waals surface area contributed by atoms with Crippen molar-refractivity contribution in [3.8, 4) is 0 Å². The lowest BCUT2D eigenvalue weighted by atomic mass is 9.70. The van der Waals surface area contributed by atoms with Crippen molar-refractivity contribution in [3.63, 3.8) is 0 Å². The molecular weight excluding hydrogens is 148 g/mol. The molecule has 12 heavy (non-hydrogen) atoms. The van der Waals surface area contributed by atoms with Crippen molar-refractivity contribution >= 4 is 5.78 Å². The highest BCUT2D eigenvalue weighted by Crippen LogP contribution is 2.56. The summed E-state index contributed by atoms with van der Waals surface area (Å²) in [4.78, 5) is 11.7. The van der Waals surface area contributed by atoms with Crippen molar-refractivity contribution in [2.75, 3.05) is 0 Å². The van der Waals surface area contributed by atoms with Gasteiger partial charge in [0.05, 0.1) is 0 Å². The van der Waals surface area contributed by atoms with Crippen LogP contribution in [0.15, 0.2) is 0 Å². The molecule has 0 heterocycles. The van der Waals surface area contributed by atoms with Gasteiger partial charge in [0.2, 0.25) is 0 Å². The summed E-state index contributed by atoms with van der Waals surface area (Å²) < 4.78 is 0. The highest BCUT2D eigenvalue weighted by atomic mass is 16.1. The number of Topliss-reactive ketones (excluding diaryl/α,β-unsaturated/α-hetero) is 1. The number of hydrogen-bond donors (Lipinski definition) is 0. The van der Waals surface area contributed by atoms with Crippen LogP contribution in [0.5, 0.6) is 0 Å². The van der Waals surface area contributed by atoms with Crippen LogP contribution in [0.1, 0.15) is 38.5 Å². The number of rotatable bonds is 0. The third kappa shape index (κ3) is 0.773. The van der Waals surface area contributed by atoms with Crippen LogP contribution < -0.4 is 0 Å². The van der Waals surface area contributed by atoms with E-state index in [0.717, 1.165) is 24.2 Å². The van der Waals surface area contributed by atoms with Gasteiger partial charge < -0.3 is 0 Å². The smallest absolute Gasteiger partial charge is 0.136 e. The Morgan fingerprint density at radius 3 is 2.75 bits per heavy atom. The molecule has 3 rings (SSSR count). The van der Waals surface area contributed by atoms with Gasteiger partial charge in [0, 0.05) is 12.3 Å². The van der Waals surface area contributed by atoms with Gasteiger partial charge in [0.25, 0.3) is 0 Å². The lowest BCUT2D eigenvalue weighted by Crippen LogP contribution is -2.32. The second-order valence-corrected chi connectivity index (χ2v) is 4.88. The molecule has 0 radical (unpaired) electrons. The third-order valence-electron chi connectivity index (χ3n) is 4.42. The highest BCUT2D eigenvalue weighted by Gasteiger charge is 2.51. The standard InChI is InChI=1S/C11H16O/c12-10-3-1-2-9-7-4-5-8(6-7)11(9)10/h7-9,11H,1-6H2/t7-,8+,9-,11+/m1/s1. The van der Waals surface area contributed by atoms with Crippen LogP contribution in [0.2, 0.25) is 0 Å². The molecule has 0 N–H and O–H groups in total. The quantitative estimate of drug-likeness (QED) is 0.537. The molecule has 4 atom stereocenters. The van der Waals surface area contributed by atoms with Crippen LogP contribution in [0.4, 0.5) is 0 Å². The fourth-order valence-corrected chi connectivity index (χ4v) is 4.01. The van der Waals surface area contributed by atoms with E-state index in [0.29, 0.717) is 11.7 Å². The molecule has 66 valence electrons. The molecule has 0 aromatic heterocycles. The van der Waals surface area contributed by atoms with Crippen LogP contribution in [0, 0.1) is 23.7 Å². The summed E-state index contributed by atoms with van der Waals surface area (Å²) in [6.07, 6.45) is 7.61. The first-order valence-electron chi connectivity index (χ1n) is 5.39. The molecule has 0 aliphatic heterocycles. The van der Waals surface area contributed by atoms with Crippen LogP contribution in [0.25, 0.3) is 0 Å². The van der Waals surface area contributed by atoms with E-state index in [1.54, 1.807) is 0 Å². The number of fused-ring (bicyclic) bond motifs is 5. The van der Waals surface area contributed by atoms with E-state index in [1.807, 2.05) is 0 Å². The van der Waals surface area contributed by atoms with Crippen LogP contribution in [-0.4, -0.2) is 5.78 Å². The number of carbonyl (C=O) groups excluding carboxylic acids is 1. The Bertz CT molecular complexity index is 221. The van der Waals surface area contributed by atoms with Crippen molar-refractivity contribution < 1.29 is 4.79 Å². The molecule has 0 saturated heterocycles. The second-order valence-electron chi connectivity index (χ2n) is 4.88. The minimum Gasteiger partial charge on any atom is -0.299 e. The van der Waals surface area contributed by atoms with E-state index in [-0.39, 0.29) is 0 Å². The zero-order chi connectivity index (χ0) is 8.13. The van der Waals surface area contributed by atoms with Gasteiger partial charge in [-0.25, -0.2) is 0 Å². The van der Waals surface area contributed by atoms with Gasteiger partial charge >= 0.3 is 0 Å². The Hall–Kier alpha value is -0.330. The Morgan fingerprint density at radius 1 is 1.08 bits per heavy atom. The van der Waals surface area contributed by atoms with E-state index in [9.17, 15) is 4.79 Å². The first-order valence-corrected chi connectivity index (χ1v) is 5.39. The summed E-state index contributed by atoms with van der Waals surface area (Å²) in [5, 5.41) is 0. The van der Waals surface area contributed by atoms with Crippen LogP contribution in [0.3, 0.4) is 0 Å². The monoisotopic (exact) mass is 164 g/mol. The highest BCUT2D eigenvalue weighted by molar-refractivity contribution is 5.82. The van der Waals surface area contributed by atoms with Gasteiger partial charge in [0.15, 0.2) is 0 Å². The molecule has 0 spiro atoms. The minimum absolute atomic E-state index is 0.525. The maximum atomic E-state index is 11.7. The van der Waals surface area contributed by atoms with Crippen molar-refractivity contribution in [2.45, 2.75) is 38.5 Å². The summed E-state index contributed by atoms with van der Waals surface area (Å²) in [6, 6.07) is 0. The van der Waals surface area contributed by atoms with E-state index in [1.165, 1.54) is 32.1 Å². The maximum Gasteiger partial charge on any atom is 0.136 e. The Labute approximate surface area is 73.5 Å². The van der Waals surface area contributed by atoms with Gasteiger partial charge in [-0.05, 0) is 49.9 Å². The van der Waals surface area contributed by atoms with Gasteiger partial charge in [-0.1, -0.05) is 0 Å². The van der Waals surface area contributed by atoms with E-state index >= 15 is 0 Å². The average Bonchev–Trinajstić information content (AvgIpc) is 2.64. The Balaban J connectivity index is 1.91. The fraction of sp³-hybridized carbons (Fsp3) is 0.909. The molecule has 3 fully saturated rings. The molecule has 3 aliphatic carbocycles. The summed E-state index contributed by atoms with van der Waals surface area (Å²) in [6.45, 7) is 0. The molecular formula is C11H16O. The normalized spacial score (nSPS) is 51.2. The van der Waals surface area contributed by atoms with E-state index in [2.05, 4.69) is 0 Å². The third-order valence-corrected chi connectivity index (χ3v) is 4.42. The number of hydrogen-bond acceptors (Lipinski definition) is 1. The van der Waals surface area contributed by atoms with Gasteiger partial charge in [-0.3, -0.25) is 4.79 Å². The number of ketones is 1. The molecule has 3 saturated carbocycles. The fourth-order valence-electron chi connectivity index (χ4n) is 4.01. The predicted molar refractivity (Wildman–Crippen MR) is 46.7 cm³/mol. The van der Waals surface area contributed by atoms with Crippen molar-refractivity contribution in [2.24, 2.45) is 23.7 Å². The first kappa shape index (κ1) is 7.11. The zero-order valence-corrected chi connectivity index (χ0v) is 7.46. The molecule has 0 unspecified atom stereocenters. The van der Waals surface area contributed by atoms with Crippen molar-refractivity contribution in [1.82, 2.24) is 0 Å². The topological polar surface area (TPSA) is 17.1 Å². The van der Waals surface area contributed by atoms with Gasteiger partial charge in [-0.2, -0.15) is 0 Å². The Kier molecular flexibility index (Phi) is 1.38. The van der Waals surface area contributed by atoms with Gasteiger partial charge in [-0.15, -0.1) is 0 Å². The lowest BCUT2D eigenvalue weighted by molar-refractivity contribution is -0.128. The Morgan fingerprint density at radius 2 is 1.92 bits per heavy atom. The summed E-state index contributed by atoms with van der Waals surface area (Å²) in [7, 11) is 0. The molecule has 3 aliphatic rings. The van der Waals surface area contributed by atoms with E-state index < -0.39 is 0 Å². The maximum absolute atomic E-state index is 11.7. The molecule has 1 nitrogen and oxygen atoms in total. The first-order chi connectivity index (χ1) is 5.86. The average molecular weight is 164 g/mol. The second kappa shape index (κ2) is 2.34. The zero-order valence-electron chi connectivity index (χ0n) is 7.46. The molecule has 0 aromatic carbocycles.